The van der Waals surface area contributed by atoms with E-state index in [1.807, 2.05) is 6.92 Å². The molecule has 0 saturated heterocycles. The third-order valence-electron chi connectivity index (χ3n) is 0.924. The van der Waals surface area contributed by atoms with Crippen molar-refractivity contribution in [3.8, 4) is 0 Å². The summed E-state index contributed by atoms with van der Waals surface area (Å²) in [6.07, 6.45) is 0. The molecule has 0 aromatic carbocycles. The Kier molecular flexibility index (Phi) is 1.72. The van der Waals surface area contributed by atoms with Gasteiger partial charge in [-0.3, -0.25) is 0 Å². The minimum Gasteiger partial charge on any atom is -0.415 e. The predicted octanol–water partition coefficient (Wildman–Crippen LogP) is 1.85. The molecule has 2 nitrogen and oxygen atoms in total. The van der Waals surface area contributed by atoms with Crippen LogP contribution in [0.4, 0.5) is 10.3 Å². The largest absolute Gasteiger partial charge is 0.415 e. The average molecular weight is 129 g/mol. The molecule has 0 aliphatic heterocycles. The van der Waals surface area contributed by atoms with Gasteiger partial charge in [0.15, 0.2) is 5.88 Å². The summed E-state index contributed by atoms with van der Waals surface area (Å²) in [5.74, 6) is 0.481. The second-order valence-corrected chi connectivity index (χ2v) is 1.63. The van der Waals surface area contributed by atoms with E-state index in [1.165, 1.54) is 6.07 Å². The highest BCUT2D eigenvalue weighted by molar-refractivity contribution is 5.29. The third-order valence-corrected chi connectivity index (χ3v) is 0.924. The maximum Gasteiger partial charge on any atom is 0.279 e. The topological polar surface area (TPSA) is 25.2 Å². The molecule has 0 atom stereocenters. The van der Waals surface area contributed by atoms with E-state index in [9.17, 15) is 4.39 Å². The van der Waals surface area contributed by atoms with Crippen molar-refractivity contribution in [2.24, 2.45) is 0 Å². The predicted molar refractivity (Wildman–Crippen MR) is 32.8 cm³/mol. The molecule has 1 heterocycles. The van der Waals surface area contributed by atoms with Crippen LogP contribution in [0.3, 0.4) is 0 Å². The molecule has 0 spiro atoms. The van der Waals surface area contributed by atoms with Crippen LogP contribution in [-0.2, 0) is 0 Å². The van der Waals surface area contributed by atoms with E-state index >= 15 is 0 Å². The Hall–Kier alpha value is -0.990. The lowest BCUT2D eigenvalue weighted by Crippen LogP contribution is -1.93. The van der Waals surface area contributed by atoms with Gasteiger partial charge in [0.1, 0.15) is 0 Å². The first-order valence-electron chi connectivity index (χ1n) is 2.82. The van der Waals surface area contributed by atoms with Crippen molar-refractivity contribution < 1.29 is 8.81 Å². The Morgan fingerprint density at radius 1 is 1.67 bits per heavy atom. The van der Waals surface area contributed by atoms with Gasteiger partial charge >= 0.3 is 0 Å². The zero-order chi connectivity index (χ0) is 6.69. The second-order valence-electron chi connectivity index (χ2n) is 1.63. The lowest BCUT2D eigenvalue weighted by molar-refractivity contribution is 0.367. The van der Waals surface area contributed by atoms with Crippen molar-refractivity contribution in [2.75, 3.05) is 11.9 Å². The van der Waals surface area contributed by atoms with E-state index in [0.29, 0.717) is 5.88 Å². The van der Waals surface area contributed by atoms with Gasteiger partial charge in [-0.05, 0) is 6.92 Å². The third kappa shape index (κ3) is 1.45. The Morgan fingerprint density at radius 3 is 2.89 bits per heavy atom. The molecule has 1 aromatic rings. The van der Waals surface area contributed by atoms with Crippen LogP contribution in [0.1, 0.15) is 6.92 Å². The zero-order valence-corrected chi connectivity index (χ0v) is 5.15. The van der Waals surface area contributed by atoms with Crippen molar-refractivity contribution in [3.05, 3.63) is 18.1 Å². The fourth-order valence-corrected chi connectivity index (χ4v) is 0.584. The summed E-state index contributed by atoms with van der Waals surface area (Å²) < 4.78 is 16.6. The molecule has 3 heteroatoms. The number of anilines is 1. The van der Waals surface area contributed by atoms with E-state index in [-0.39, 0.29) is 0 Å². The average Bonchev–Trinajstić information content (AvgIpc) is 2.17. The Labute approximate surface area is 52.7 Å². The first-order valence-corrected chi connectivity index (χ1v) is 2.82. The molecule has 1 rings (SSSR count). The number of furan rings is 1. The van der Waals surface area contributed by atoms with Gasteiger partial charge in [-0.25, -0.2) is 0 Å². The molecule has 0 aliphatic rings. The smallest absolute Gasteiger partial charge is 0.279 e. The van der Waals surface area contributed by atoms with Crippen molar-refractivity contribution in [3.63, 3.8) is 0 Å². The number of rotatable bonds is 2. The molecular formula is C6H8FNO. The SMILES string of the molecule is CCNc1ccc(F)o1. The van der Waals surface area contributed by atoms with Gasteiger partial charge in [-0.15, -0.1) is 0 Å². The molecule has 0 bridgehead atoms. The second kappa shape index (κ2) is 2.53. The molecule has 9 heavy (non-hydrogen) atoms. The summed E-state index contributed by atoms with van der Waals surface area (Å²) in [6.45, 7) is 2.66. The zero-order valence-electron chi connectivity index (χ0n) is 5.15. The first-order chi connectivity index (χ1) is 4.33. The van der Waals surface area contributed by atoms with Crippen LogP contribution in [0.2, 0.25) is 0 Å². The Bertz CT molecular complexity index is 185. The van der Waals surface area contributed by atoms with Gasteiger partial charge in [0, 0.05) is 18.7 Å². The van der Waals surface area contributed by atoms with E-state index in [4.69, 9.17) is 0 Å². The van der Waals surface area contributed by atoms with Gasteiger partial charge in [0.2, 0.25) is 0 Å². The van der Waals surface area contributed by atoms with Gasteiger partial charge in [-0.1, -0.05) is 0 Å². The van der Waals surface area contributed by atoms with Crippen LogP contribution in [0.25, 0.3) is 0 Å². The standard InChI is InChI=1S/C6H8FNO/c1-2-8-6-4-3-5(7)9-6/h3-4,8H,2H2,1H3. The fourth-order valence-electron chi connectivity index (χ4n) is 0.584. The van der Waals surface area contributed by atoms with Crippen molar-refractivity contribution in [2.45, 2.75) is 6.92 Å². The lowest BCUT2D eigenvalue weighted by Gasteiger charge is -1.92. The molecule has 0 amide bonds. The van der Waals surface area contributed by atoms with E-state index in [2.05, 4.69) is 9.73 Å². The van der Waals surface area contributed by atoms with Crippen LogP contribution >= 0.6 is 0 Å². The van der Waals surface area contributed by atoms with Gasteiger partial charge in [0.25, 0.3) is 6.01 Å². The quantitative estimate of drug-likeness (QED) is 0.659. The Balaban J connectivity index is 2.61. The molecule has 0 aliphatic carbocycles. The van der Waals surface area contributed by atoms with Crippen molar-refractivity contribution in [1.82, 2.24) is 0 Å². The number of nitrogens with one attached hydrogen (secondary N) is 1. The molecule has 1 aromatic heterocycles. The summed E-state index contributed by atoms with van der Waals surface area (Å²) >= 11 is 0. The van der Waals surface area contributed by atoms with Gasteiger partial charge in [0.05, 0.1) is 0 Å². The summed E-state index contributed by atoms with van der Waals surface area (Å²) in [5.41, 5.74) is 0. The highest BCUT2D eigenvalue weighted by atomic mass is 19.1. The molecule has 0 unspecified atom stereocenters. The number of hydrogen-bond acceptors (Lipinski definition) is 2. The lowest BCUT2D eigenvalue weighted by atomic mass is 10.6. The fraction of sp³-hybridized carbons (Fsp3) is 0.333. The number of hydrogen-bond donors (Lipinski definition) is 1. The van der Waals surface area contributed by atoms with E-state index < -0.39 is 6.01 Å². The maximum absolute atomic E-state index is 12.0. The van der Waals surface area contributed by atoms with E-state index in [1.54, 1.807) is 6.07 Å². The van der Waals surface area contributed by atoms with Crippen molar-refractivity contribution in [1.29, 1.82) is 0 Å². The minimum atomic E-state index is -0.550. The summed E-state index contributed by atoms with van der Waals surface area (Å²) in [7, 11) is 0. The summed E-state index contributed by atoms with van der Waals surface area (Å²) in [6, 6.07) is 2.28. The van der Waals surface area contributed by atoms with Crippen LogP contribution in [-0.4, -0.2) is 6.54 Å². The van der Waals surface area contributed by atoms with Crippen LogP contribution < -0.4 is 5.32 Å². The van der Waals surface area contributed by atoms with Gasteiger partial charge in [-0.2, -0.15) is 4.39 Å². The first kappa shape index (κ1) is 6.13. The molecule has 0 radical (unpaired) electrons. The summed E-state index contributed by atoms with van der Waals surface area (Å²) in [4.78, 5) is 0. The monoisotopic (exact) mass is 129 g/mol. The molecule has 0 saturated carbocycles. The van der Waals surface area contributed by atoms with Crippen molar-refractivity contribution >= 4 is 5.88 Å². The molecule has 1 N–H and O–H groups in total. The van der Waals surface area contributed by atoms with Crippen LogP contribution in [0.15, 0.2) is 16.5 Å². The highest BCUT2D eigenvalue weighted by Gasteiger charge is 1.95. The normalized spacial score (nSPS) is 9.56. The highest BCUT2D eigenvalue weighted by Crippen LogP contribution is 2.09. The Morgan fingerprint density at radius 2 is 2.44 bits per heavy atom. The molecular weight excluding hydrogens is 121 g/mol. The van der Waals surface area contributed by atoms with Crippen LogP contribution in [0, 0.1) is 6.01 Å². The molecule has 0 fully saturated rings. The molecule has 50 valence electrons. The maximum atomic E-state index is 12.0. The van der Waals surface area contributed by atoms with Crippen LogP contribution in [0.5, 0.6) is 0 Å². The minimum absolute atomic E-state index is 0.481. The number of halogens is 1. The summed E-state index contributed by atoms with van der Waals surface area (Å²) in [5, 5.41) is 2.82. The van der Waals surface area contributed by atoms with Gasteiger partial charge < -0.3 is 9.73 Å². The van der Waals surface area contributed by atoms with E-state index in [0.717, 1.165) is 6.54 Å².